The lowest BCUT2D eigenvalue weighted by Crippen LogP contribution is -2.02. The number of hydrogen-bond donors (Lipinski definition) is 0. The molecule has 0 amide bonds. The lowest BCUT2D eigenvalue weighted by molar-refractivity contribution is 0.0598. The van der Waals surface area contributed by atoms with Gasteiger partial charge in [-0.25, -0.2) is 4.79 Å². The minimum atomic E-state index is -0.425. The molecule has 0 bridgehead atoms. The highest BCUT2D eigenvalue weighted by Gasteiger charge is 2.17. The standard InChI is InChI=1S/C16H14ClN3O3S/c1-10-3-4-11(7-13(10)17)20-9-18-19-16(20)24-8-14-12(5-6-23-14)15(21)22-2/h3-7,9H,8H2,1-2H3. The molecule has 2 aromatic heterocycles. The highest BCUT2D eigenvalue weighted by Crippen LogP contribution is 2.27. The fourth-order valence-electron chi connectivity index (χ4n) is 2.11. The van der Waals surface area contributed by atoms with E-state index in [4.69, 9.17) is 20.8 Å². The van der Waals surface area contributed by atoms with E-state index in [0.717, 1.165) is 11.3 Å². The molecule has 8 heteroatoms. The van der Waals surface area contributed by atoms with E-state index >= 15 is 0 Å². The van der Waals surface area contributed by atoms with Crippen molar-refractivity contribution in [2.24, 2.45) is 0 Å². The Balaban J connectivity index is 1.80. The van der Waals surface area contributed by atoms with Gasteiger partial charge in [-0.05, 0) is 30.7 Å². The van der Waals surface area contributed by atoms with Crippen LogP contribution in [-0.2, 0) is 10.5 Å². The molecule has 6 nitrogen and oxygen atoms in total. The van der Waals surface area contributed by atoms with Crippen LogP contribution in [0.5, 0.6) is 0 Å². The first-order chi connectivity index (χ1) is 11.6. The Morgan fingerprint density at radius 2 is 2.25 bits per heavy atom. The predicted molar refractivity (Wildman–Crippen MR) is 90.7 cm³/mol. The normalized spacial score (nSPS) is 10.8. The summed E-state index contributed by atoms with van der Waals surface area (Å²) in [4.78, 5) is 11.7. The van der Waals surface area contributed by atoms with E-state index in [1.165, 1.54) is 25.1 Å². The van der Waals surface area contributed by atoms with E-state index in [-0.39, 0.29) is 0 Å². The number of aromatic nitrogens is 3. The van der Waals surface area contributed by atoms with Crippen molar-refractivity contribution in [3.05, 3.63) is 58.8 Å². The number of halogens is 1. The largest absolute Gasteiger partial charge is 0.468 e. The summed E-state index contributed by atoms with van der Waals surface area (Å²) in [7, 11) is 1.34. The van der Waals surface area contributed by atoms with Crippen molar-refractivity contribution in [3.8, 4) is 5.69 Å². The molecule has 3 rings (SSSR count). The molecule has 24 heavy (non-hydrogen) atoms. The minimum Gasteiger partial charge on any atom is -0.468 e. The summed E-state index contributed by atoms with van der Waals surface area (Å²) in [5.41, 5.74) is 2.28. The van der Waals surface area contributed by atoms with Gasteiger partial charge in [0.2, 0.25) is 0 Å². The molecule has 0 saturated heterocycles. The maximum atomic E-state index is 11.7. The number of ether oxygens (including phenoxy) is 1. The summed E-state index contributed by atoms with van der Waals surface area (Å²) in [5.74, 6) is 0.532. The number of furan rings is 1. The number of nitrogens with zero attached hydrogens (tertiary/aromatic N) is 3. The zero-order valence-electron chi connectivity index (χ0n) is 13.0. The monoisotopic (exact) mass is 363 g/mol. The van der Waals surface area contributed by atoms with Crippen LogP contribution in [0.3, 0.4) is 0 Å². The van der Waals surface area contributed by atoms with Gasteiger partial charge >= 0.3 is 5.97 Å². The summed E-state index contributed by atoms with van der Waals surface area (Å²) in [6.07, 6.45) is 3.08. The molecule has 1 aromatic carbocycles. The highest BCUT2D eigenvalue weighted by molar-refractivity contribution is 7.98. The number of carbonyl (C=O) groups is 1. The van der Waals surface area contributed by atoms with E-state index in [0.29, 0.717) is 27.3 Å². The second-order valence-corrected chi connectivity index (χ2v) is 6.30. The fourth-order valence-corrected chi connectivity index (χ4v) is 3.16. The number of methoxy groups -OCH3 is 1. The summed E-state index contributed by atoms with van der Waals surface area (Å²) >= 11 is 7.59. The molecule has 2 heterocycles. The van der Waals surface area contributed by atoms with E-state index in [9.17, 15) is 4.79 Å². The van der Waals surface area contributed by atoms with Gasteiger partial charge in [0.1, 0.15) is 17.7 Å². The molecular weight excluding hydrogens is 350 g/mol. The van der Waals surface area contributed by atoms with Gasteiger partial charge < -0.3 is 9.15 Å². The summed E-state index contributed by atoms with van der Waals surface area (Å²) in [5, 5.41) is 9.41. The van der Waals surface area contributed by atoms with Gasteiger partial charge in [-0.3, -0.25) is 4.57 Å². The smallest absolute Gasteiger partial charge is 0.341 e. The lowest BCUT2D eigenvalue weighted by atomic mass is 10.2. The van der Waals surface area contributed by atoms with Crippen molar-refractivity contribution < 1.29 is 13.9 Å². The molecule has 0 atom stereocenters. The molecule has 0 radical (unpaired) electrons. The Kier molecular flexibility index (Phi) is 4.92. The Morgan fingerprint density at radius 1 is 1.42 bits per heavy atom. The molecule has 0 fully saturated rings. The van der Waals surface area contributed by atoms with Crippen LogP contribution < -0.4 is 0 Å². The Hall–Kier alpha value is -2.25. The van der Waals surface area contributed by atoms with Crippen LogP contribution in [0.1, 0.15) is 21.7 Å². The molecule has 0 spiro atoms. The molecule has 0 saturated carbocycles. The zero-order valence-corrected chi connectivity index (χ0v) is 14.6. The Labute approximate surface area is 147 Å². The van der Waals surface area contributed by atoms with E-state index in [1.807, 2.05) is 29.7 Å². The van der Waals surface area contributed by atoms with Gasteiger partial charge in [-0.15, -0.1) is 10.2 Å². The van der Waals surface area contributed by atoms with Gasteiger partial charge in [0.15, 0.2) is 5.16 Å². The average Bonchev–Trinajstić information content (AvgIpc) is 3.23. The number of aryl methyl sites for hydroxylation is 1. The van der Waals surface area contributed by atoms with Crippen molar-refractivity contribution in [2.45, 2.75) is 17.8 Å². The number of carbonyl (C=O) groups excluding carboxylic acids is 1. The van der Waals surface area contributed by atoms with Gasteiger partial charge in [-0.1, -0.05) is 29.4 Å². The van der Waals surface area contributed by atoms with Crippen molar-refractivity contribution >= 4 is 29.3 Å². The second-order valence-electron chi connectivity index (χ2n) is 4.95. The first-order valence-corrected chi connectivity index (χ1v) is 8.40. The third-order valence-electron chi connectivity index (χ3n) is 3.43. The van der Waals surface area contributed by atoms with Crippen LogP contribution in [0.25, 0.3) is 5.69 Å². The third-order valence-corrected chi connectivity index (χ3v) is 4.78. The van der Waals surface area contributed by atoms with Crippen molar-refractivity contribution in [1.29, 1.82) is 0 Å². The van der Waals surface area contributed by atoms with Crippen LogP contribution in [0.2, 0.25) is 5.02 Å². The molecule has 0 aliphatic heterocycles. The molecule has 0 aliphatic carbocycles. The van der Waals surface area contributed by atoms with E-state index in [2.05, 4.69) is 10.2 Å². The number of hydrogen-bond acceptors (Lipinski definition) is 6. The highest BCUT2D eigenvalue weighted by atomic mass is 35.5. The molecular formula is C16H14ClN3O3S. The van der Waals surface area contributed by atoms with E-state index in [1.54, 1.807) is 12.4 Å². The Morgan fingerprint density at radius 3 is 3.00 bits per heavy atom. The van der Waals surface area contributed by atoms with Gasteiger partial charge in [0.05, 0.1) is 24.8 Å². The summed E-state index contributed by atoms with van der Waals surface area (Å²) in [6, 6.07) is 7.33. The number of rotatable bonds is 5. The lowest BCUT2D eigenvalue weighted by Gasteiger charge is -2.07. The number of thioether (sulfide) groups is 1. The number of benzene rings is 1. The summed E-state index contributed by atoms with van der Waals surface area (Å²) < 4.78 is 11.9. The molecule has 0 aliphatic rings. The van der Waals surface area contributed by atoms with Crippen LogP contribution >= 0.6 is 23.4 Å². The molecule has 3 aromatic rings. The van der Waals surface area contributed by atoms with Gasteiger partial charge in [-0.2, -0.15) is 0 Å². The first kappa shape index (κ1) is 16.6. The molecule has 124 valence electrons. The maximum Gasteiger partial charge on any atom is 0.341 e. The van der Waals surface area contributed by atoms with Crippen molar-refractivity contribution in [3.63, 3.8) is 0 Å². The van der Waals surface area contributed by atoms with Crippen LogP contribution in [0.15, 0.2) is 46.4 Å². The second kappa shape index (κ2) is 7.11. The zero-order chi connectivity index (χ0) is 17.1. The van der Waals surface area contributed by atoms with Crippen LogP contribution in [0.4, 0.5) is 0 Å². The fraction of sp³-hybridized carbons (Fsp3) is 0.188. The van der Waals surface area contributed by atoms with E-state index < -0.39 is 5.97 Å². The maximum absolute atomic E-state index is 11.7. The summed E-state index contributed by atoms with van der Waals surface area (Å²) in [6.45, 7) is 1.94. The number of esters is 1. The molecule has 0 unspecified atom stereocenters. The predicted octanol–water partition coefficient (Wildman–Crippen LogP) is 3.90. The SMILES string of the molecule is COC(=O)c1ccoc1CSc1nncn1-c1ccc(C)c(Cl)c1. The third kappa shape index (κ3) is 3.32. The van der Waals surface area contributed by atoms with Crippen LogP contribution in [0, 0.1) is 6.92 Å². The van der Waals surface area contributed by atoms with Gasteiger partial charge in [0, 0.05) is 5.02 Å². The Bertz CT molecular complexity index is 875. The topological polar surface area (TPSA) is 70.2 Å². The van der Waals surface area contributed by atoms with Crippen molar-refractivity contribution in [1.82, 2.24) is 14.8 Å². The minimum absolute atomic E-state index is 0.412. The van der Waals surface area contributed by atoms with Crippen molar-refractivity contribution in [2.75, 3.05) is 7.11 Å². The first-order valence-electron chi connectivity index (χ1n) is 7.04. The van der Waals surface area contributed by atoms with Crippen LogP contribution in [-0.4, -0.2) is 27.8 Å². The van der Waals surface area contributed by atoms with Gasteiger partial charge in [0.25, 0.3) is 0 Å². The average molecular weight is 364 g/mol. The molecule has 0 N–H and O–H groups in total. The quantitative estimate of drug-likeness (QED) is 0.505.